The Balaban J connectivity index is 1.54. The molecule has 4 aromatic rings. The lowest BCUT2D eigenvalue weighted by atomic mass is 10.1. The Labute approximate surface area is 182 Å². The number of rotatable bonds is 6. The minimum Gasteiger partial charge on any atom is -0.494 e. The maximum atomic E-state index is 12.8. The number of hydrogen-bond donors (Lipinski definition) is 2. The first-order chi connectivity index (χ1) is 14.5. The minimum absolute atomic E-state index is 0.269. The van der Waals surface area contributed by atoms with Crippen LogP contribution < -0.4 is 15.8 Å². The number of carbonyl (C=O) groups excluding carboxylic acids is 1. The van der Waals surface area contributed by atoms with Crippen molar-refractivity contribution in [1.82, 2.24) is 9.97 Å². The summed E-state index contributed by atoms with van der Waals surface area (Å²) in [6.07, 6.45) is 0. The molecule has 30 heavy (non-hydrogen) atoms. The average Bonchev–Trinajstić information content (AvgIpc) is 3.33. The molecule has 0 aliphatic rings. The number of anilines is 2. The van der Waals surface area contributed by atoms with E-state index in [4.69, 9.17) is 10.5 Å². The third-order valence-corrected chi connectivity index (χ3v) is 6.47. The van der Waals surface area contributed by atoms with E-state index in [1.165, 1.54) is 22.7 Å². The molecule has 8 heteroatoms. The Morgan fingerprint density at radius 1 is 1.17 bits per heavy atom. The number of nitrogens with two attached hydrogens (primary N) is 1. The number of nitrogens with zero attached hydrogens (tertiary/aromatic N) is 2. The largest absolute Gasteiger partial charge is 0.494 e. The zero-order chi connectivity index (χ0) is 21.3. The van der Waals surface area contributed by atoms with Crippen LogP contribution in [0, 0.1) is 0 Å². The summed E-state index contributed by atoms with van der Waals surface area (Å²) in [6, 6.07) is 11.6. The molecule has 154 valence electrons. The van der Waals surface area contributed by atoms with Crippen molar-refractivity contribution in [2.45, 2.75) is 26.7 Å². The number of amides is 1. The molecule has 0 saturated carbocycles. The van der Waals surface area contributed by atoms with Crippen LogP contribution in [-0.4, -0.2) is 22.5 Å². The van der Waals surface area contributed by atoms with E-state index in [9.17, 15) is 4.79 Å². The molecule has 3 heterocycles. The minimum atomic E-state index is -0.269. The van der Waals surface area contributed by atoms with Crippen LogP contribution in [0.25, 0.3) is 21.5 Å². The lowest BCUT2D eigenvalue weighted by molar-refractivity contribution is 0.103. The van der Waals surface area contributed by atoms with Crippen molar-refractivity contribution < 1.29 is 9.53 Å². The summed E-state index contributed by atoms with van der Waals surface area (Å²) in [7, 11) is 0. The van der Waals surface area contributed by atoms with Crippen molar-refractivity contribution in [3.8, 4) is 17.0 Å². The van der Waals surface area contributed by atoms with Gasteiger partial charge in [-0.2, -0.15) is 0 Å². The third kappa shape index (κ3) is 4.01. The molecular weight excluding hydrogens is 416 g/mol. The first-order valence-electron chi connectivity index (χ1n) is 9.65. The van der Waals surface area contributed by atoms with Gasteiger partial charge in [0, 0.05) is 22.0 Å². The number of fused-ring (bicyclic) bond motifs is 1. The molecule has 0 unspecified atom stereocenters. The first kappa shape index (κ1) is 20.3. The van der Waals surface area contributed by atoms with Crippen LogP contribution in [0.3, 0.4) is 0 Å². The normalized spacial score (nSPS) is 11.2. The molecule has 0 radical (unpaired) electrons. The summed E-state index contributed by atoms with van der Waals surface area (Å²) in [5.74, 6) is 0.861. The molecule has 3 N–H and O–H groups in total. The van der Waals surface area contributed by atoms with Gasteiger partial charge in [0.2, 0.25) is 0 Å². The van der Waals surface area contributed by atoms with Crippen molar-refractivity contribution in [3.05, 3.63) is 52.3 Å². The van der Waals surface area contributed by atoms with Gasteiger partial charge >= 0.3 is 0 Å². The van der Waals surface area contributed by atoms with Crippen LogP contribution >= 0.6 is 22.7 Å². The quantitative estimate of drug-likeness (QED) is 0.398. The molecular formula is C22H22N4O2S2. The number of nitrogen functional groups attached to an aromatic ring is 1. The number of aromatic nitrogens is 2. The second-order valence-corrected chi connectivity index (χ2v) is 8.89. The van der Waals surface area contributed by atoms with Gasteiger partial charge in [0.1, 0.15) is 15.5 Å². The number of pyridine rings is 1. The standard InChI is InChI=1S/C22H22N4O2S2/c1-4-28-14-7-5-13(6-8-14)17-11-29-22(25-17)26-20(27)19-18(23)15-9-10-16(12(2)3)24-21(15)30-19/h5-12H,4,23H2,1-3H3,(H,25,26,27). The molecule has 0 saturated heterocycles. The van der Waals surface area contributed by atoms with Gasteiger partial charge < -0.3 is 10.5 Å². The number of benzene rings is 1. The molecule has 3 aromatic heterocycles. The van der Waals surface area contributed by atoms with Crippen molar-refractivity contribution in [1.29, 1.82) is 0 Å². The van der Waals surface area contributed by atoms with E-state index in [2.05, 4.69) is 29.1 Å². The zero-order valence-electron chi connectivity index (χ0n) is 16.9. The first-order valence-corrected chi connectivity index (χ1v) is 11.3. The van der Waals surface area contributed by atoms with Crippen LogP contribution in [0.4, 0.5) is 10.8 Å². The SMILES string of the molecule is CCOc1ccc(-c2csc(NC(=O)c3sc4nc(C(C)C)ccc4c3N)n2)cc1. The Morgan fingerprint density at radius 3 is 2.63 bits per heavy atom. The van der Waals surface area contributed by atoms with E-state index in [-0.39, 0.29) is 5.91 Å². The number of hydrogen-bond acceptors (Lipinski definition) is 7. The fourth-order valence-corrected chi connectivity index (χ4v) is 4.72. The smallest absolute Gasteiger partial charge is 0.269 e. The van der Waals surface area contributed by atoms with Crippen LogP contribution in [0.2, 0.25) is 0 Å². The van der Waals surface area contributed by atoms with Gasteiger partial charge in [-0.15, -0.1) is 22.7 Å². The third-order valence-electron chi connectivity index (χ3n) is 4.60. The molecule has 1 aromatic carbocycles. The highest BCUT2D eigenvalue weighted by Gasteiger charge is 2.19. The van der Waals surface area contributed by atoms with Gasteiger partial charge in [0.25, 0.3) is 5.91 Å². The second-order valence-electron chi connectivity index (χ2n) is 7.04. The van der Waals surface area contributed by atoms with Crippen molar-refractivity contribution in [2.75, 3.05) is 17.7 Å². The van der Waals surface area contributed by atoms with Crippen LogP contribution in [0.5, 0.6) is 5.75 Å². The van der Waals surface area contributed by atoms with Gasteiger partial charge in [-0.1, -0.05) is 13.8 Å². The lowest BCUT2D eigenvalue weighted by Crippen LogP contribution is -2.11. The van der Waals surface area contributed by atoms with Gasteiger partial charge in [-0.3, -0.25) is 10.1 Å². The molecule has 0 atom stereocenters. The maximum absolute atomic E-state index is 12.8. The summed E-state index contributed by atoms with van der Waals surface area (Å²) in [5.41, 5.74) is 9.43. The Morgan fingerprint density at radius 2 is 1.93 bits per heavy atom. The Kier molecular flexibility index (Phi) is 5.69. The highest BCUT2D eigenvalue weighted by Crippen LogP contribution is 2.34. The van der Waals surface area contributed by atoms with Crippen LogP contribution in [-0.2, 0) is 0 Å². The molecule has 0 bridgehead atoms. The second kappa shape index (κ2) is 8.41. The Hall–Kier alpha value is -2.97. The summed E-state index contributed by atoms with van der Waals surface area (Å²) in [5, 5.41) is 6.11. The zero-order valence-corrected chi connectivity index (χ0v) is 18.6. The van der Waals surface area contributed by atoms with Crippen LogP contribution in [0.15, 0.2) is 41.8 Å². The highest BCUT2D eigenvalue weighted by atomic mass is 32.1. The number of nitrogens with one attached hydrogen (secondary N) is 1. The number of thiophene rings is 1. The number of thiazole rings is 1. The fraction of sp³-hybridized carbons (Fsp3) is 0.227. The number of ether oxygens (including phenoxy) is 1. The molecule has 0 aliphatic carbocycles. The monoisotopic (exact) mass is 438 g/mol. The van der Waals surface area contributed by atoms with Gasteiger partial charge in [-0.25, -0.2) is 9.97 Å². The molecule has 0 fully saturated rings. The topological polar surface area (TPSA) is 90.1 Å². The van der Waals surface area contributed by atoms with E-state index in [1.54, 1.807) is 0 Å². The van der Waals surface area contributed by atoms with Crippen LogP contribution in [0.1, 0.15) is 42.1 Å². The molecule has 0 spiro atoms. The van der Waals surface area contributed by atoms with Crippen molar-refractivity contribution in [3.63, 3.8) is 0 Å². The van der Waals surface area contributed by atoms with Gasteiger partial charge in [-0.05, 0) is 49.2 Å². The van der Waals surface area contributed by atoms with Crippen molar-refractivity contribution >= 4 is 49.6 Å². The van der Waals surface area contributed by atoms with Gasteiger partial charge in [0.05, 0.1) is 18.0 Å². The average molecular weight is 439 g/mol. The molecule has 6 nitrogen and oxygen atoms in total. The molecule has 4 rings (SSSR count). The molecule has 1 amide bonds. The van der Waals surface area contributed by atoms with E-state index in [0.29, 0.717) is 28.2 Å². The summed E-state index contributed by atoms with van der Waals surface area (Å²) < 4.78 is 5.47. The summed E-state index contributed by atoms with van der Waals surface area (Å²) in [4.78, 5) is 23.2. The predicted octanol–water partition coefficient (Wildman–Crippen LogP) is 5.78. The number of carbonyl (C=O) groups is 1. The predicted molar refractivity (Wildman–Crippen MR) is 125 cm³/mol. The summed E-state index contributed by atoms with van der Waals surface area (Å²) >= 11 is 2.68. The summed E-state index contributed by atoms with van der Waals surface area (Å²) in [6.45, 7) is 6.75. The van der Waals surface area contributed by atoms with Gasteiger partial charge in [0.15, 0.2) is 5.13 Å². The molecule has 0 aliphatic heterocycles. The highest BCUT2D eigenvalue weighted by molar-refractivity contribution is 7.21. The lowest BCUT2D eigenvalue weighted by Gasteiger charge is -2.03. The Bertz CT molecular complexity index is 1200. The maximum Gasteiger partial charge on any atom is 0.269 e. The van der Waals surface area contributed by atoms with Crippen molar-refractivity contribution in [2.24, 2.45) is 0 Å². The van der Waals surface area contributed by atoms with E-state index in [1.807, 2.05) is 48.7 Å². The fourth-order valence-electron chi connectivity index (χ4n) is 3.01. The van der Waals surface area contributed by atoms with E-state index >= 15 is 0 Å². The van der Waals surface area contributed by atoms with E-state index in [0.717, 1.165) is 32.9 Å². The van der Waals surface area contributed by atoms with E-state index < -0.39 is 0 Å².